The van der Waals surface area contributed by atoms with Crippen LogP contribution in [0.25, 0.3) is 34.2 Å². The molecular formula is C21H13Cl2N3. The van der Waals surface area contributed by atoms with Gasteiger partial charge in [0.1, 0.15) is 0 Å². The lowest BCUT2D eigenvalue weighted by Crippen LogP contribution is -2.00. The van der Waals surface area contributed by atoms with Crippen LogP contribution in [0.2, 0.25) is 10.0 Å². The second kappa shape index (κ2) is 7.24. The van der Waals surface area contributed by atoms with E-state index in [4.69, 9.17) is 23.2 Å². The summed E-state index contributed by atoms with van der Waals surface area (Å²) in [7, 11) is 0. The molecule has 0 atom stereocenters. The predicted octanol–water partition coefficient (Wildman–Crippen LogP) is 6.18. The van der Waals surface area contributed by atoms with Crippen LogP contribution in [0.4, 0.5) is 0 Å². The van der Waals surface area contributed by atoms with Crippen molar-refractivity contribution < 1.29 is 0 Å². The molecule has 0 saturated carbocycles. The molecule has 0 aliphatic rings. The molecule has 4 aromatic rings. The molecule has 0 fully saturated rings. The first kappa shape index (κ1) is 16.7. The van der Waals surface area contributed by atoms with Crippen LogP contribution in [0, 0.1) is 0 Å². The van der Waals surface area contributed by atoms with Crippen LogP contribution in [0.3, 0.4) is 0 Å². The van der Waals surface area contributed by atoms with Gasteiger partial charge in [0, 0.05) is 26.7 Å². The van der Waals surface area contributed by atoms with Crippen LogP contribution < -0.4 is 0 Å². The Labute approximate surface area is 161 Å². The van der Waals surface area contributed by atoms with Crippen molar-refractivity contribution in [2.75, 3.05) is 0 Å². The monoisotopic (exact) mass is 377 g/mol. The van der Waals surface area contributed by atoms with E-state index in [9.17, 15) is 0 Å². The summed E-state index contributed by atoms with van der Waals surface area (Å²) in [6.07, 6.45) is 0. The zero-order valence-electron chi connectivity index (χ0n) is 13.6. The summed E-state index contributed by atoms with van der Waals surface area (Å²) in [5.41, 5.74) is 2.59. The maximum absolute atomic E-state index is 6.16. The third kappa shape index (κ3) is 3.59. The Morgan fingerprint density at radius 2 is 0.846 bits per heavy atom. The number of aromatic nitrogens is 3. The molecular weight excluding hydrogens is 365 g/mol. The van der Waals surface area contributed by atoms with Crippen LogP contribution in [0.15, 0.2) is 78.9 Å². The Morgan fingerprint density at radius 1 is 0.462 bits per heavy atom. The van der Waals surface area contributed by atoms with Crippen LogP contribution in [0.1, 0.15) is 0 Å². The van der Waals surface area contributed by atoms with E-state index in [1.54, 1.807) is 18.2 Å². The molecule has 0 radical (unpaired) electrons. The molecule has 126 valence electrons. The first-order valence-corrected chi connectivity index (χ1v) is 8.78. The van der Waals surface area contributed by atoms with Crippen molar-refractivity contribution in [2.24, 2.45) is 0 Å². The van der Waals surface area contributed by atoms with Crippen molar-refractivity contribution in [3.05, 3.63) is 88.9 Å². The topological polar surface area (TPSA) is 38.7 Å². The molecule has 3 aromatic carbocycles. The van der Waals surface area contributed by atoms with Gasteiger partial charge in [-0.1, -0.05) is 83.9 Å². The molecule has 0 spiro atoms. The molecule has 0 bridgehead atoms. The summed E-state index contributed by atoms with van der Waals surface area (Å²) < 4.78 is 0. The summed E-state index contributed by atoms with van der Waals surface area (Å²) in [6, 6.07) is 24.9. The average Bonchev–Trinajstić information content (AvgIpc) is 2.68. The van der Waals surface area contributed by atoms with Crippen molar-refractivity contribution in [2.45, 2.75) is 0 Å². The van der Waals surface area contributed by atoms with Gasteiger partial charge in [0.2, 0.25) is 0 Å². The van der Waals surface area contributed by atoms with Crippen molar-refractivity contribution in [3.8, 4) is 34.2 Å². The highest BCUT2D eigenvalue weighted by Crippen LogP contribution is 2.28. The van der Waals surface area contributed by atoms with Crippen LogP contribution >= 0.6 is 23.2 Å². The first-order chi connectivity index (χ1) is 12.7. The molecule has 4 rings (SSSR count). The quantitative estimate of drug-likeness (QED) is 0.427. The molecule has 0 aliphatic heterocycles. The summed E-state index contributed by atoms with van der Waals surface area (Å²) in [6.45, 7) is 0. The van der Waals surface area contributed by atoms with E-state index >= 15 is 0 Å². The average molecular weight is 378 g/mol. The third-order valence-corrected chi connectivity index (χ3v) is 4.26. The van der Waals surface area contributed by atoms with Gasteiger partial charge in [0.15, 0.2) is 17.5 Å². The molecule has 1 aromatic heterocycles. The Bertz CT molecular complexity index is 973. The van der Waals surface area contributed by atoms with Crippen molar-refractivity contribution in [1.82, 2.24) is 15.0 Å². The van der Waals surface area contributed by atoms with E-state index in [0.717, 1.165) is 16.7 Å². The van der Waals surface area contributed by atoms with E-state index in [-0.39, 0.29) is 0 Å². The molecule has 3 nitrogen and oxygen atoms in total. The van der Waals surface area contributed by atoms with Gasteiger partial charge in [-0.2, -0.15) is 0 Å². The van der Waals surface area contributed by atoms with Gasteiger partial charge in [0.05, 0.1) is 0 Å². The zero-order valence-corrected chi connectivity index (χ0v) is 15.1. The lowest BCUT2D eigenvalue weighted by molar-refractivity contribution is 1.07. The van der Waals surface area contributed by atoms with E-state index in [0.29, 0.717) is 27.5 Å². The predicted molar refractivity (Wildman–Crippen MR) is 106 cm³/mol. The summed E-state index contributed by atoms with van der Waals surface area (Å²) in [5, 5.41) is 1.07. The minimum Gasteiger partial charge on any atom is -0.208 e. The van der Waals surface area contributed by atoms with E-state index < -0.39 is 0 Å². The minimum atomic E-state index is 0.530. The second-order valence-corrected chi connectivity index (χ2v) is 6.57. The Morgan fingerprint density at radius 3 is 1.27 bits per heavy atom. The van der Waals surface area contributed by atoms with Gasteiger partial charge in [0.25, 0.3) is 0 Å². The van der Waals surface area contributed by atoms with Gasteiger partial charge in [-0.15, -0.1) is 0 Å². The Balaban J connectivity index is 1.93. The molecule has 26 heavy (non-hydrogen) atoms. The lowest BCUT2D eigenvalue weighted by Gasteiger charge is -2.08. The number of nitrogens with zero attached hydrogens (tertiary/aromatic N) is 3. The van der Waals surface area contributed by atoms with E-state index in [2.05, 4.69) is 15.0 Å². The lowest BCUT2D eigenvalue weighted by atomic mass is 10.1. The molecule has 0 N–H and O–H groups in total. The molecule has 0 saturated heterocycles. The molecule has 0 aliphatic carbocycles. The van der Waals surface area contributed by atoms with Crippen molar-refractivity contribution in [1.29, 1.82) is 0 Å². The van der Waals surface area contributed by atoms with E-state index in [1.807, 2.05) is 60.7 Å². The fraction of sp³-hybridized carbons (Fsp3) is 0. The van der Waals surface area contributed by atoms with Gasteiger partial charge in [-0.05, 0) is 18.2 Å². The Kier molecular flexibility index (Phi) is 4.65. The maximum atomic E-state index is 6.16. The SMILES string of the molecule is Clc1cc(Cl)cc(-c2nc(-c3ccccc3)nc(-c3ccccc3)n2)c1. The van der Waals surface area contributed by atoms with Gasteiger partial charge in [-0.25, -0.2) is 15.0 Å². The maximum Gasteiger partial charge on any atom is 0.164 e. The minimum absolute atomic E-state index is 0.530. The normalized spacial score (nSPS) is 10.7. The number of benzene rings is 3. The van der Waals surface area contributed by atoms with Crippen LogP contribution in [-0.4, -0.2) is 15.0 Å². The molecule has 5 heteroatoms. The first-order valence-electron chi connectivity index (χ1n) is 8.02. The highest BCUT2D eigenvalue weighted by molar-refractivity contribution is 6.35. The smallest absolute Gasteiger partial charge is 0.164 e. The summed E-state index contributed by atoms with van der Waals surface area (Å²) in [4.78, 5) is 13.9. The molecule has 0 amide bonds. The van der Waals surface area contributed by atoms with Crippen LogP contribution in [-0.2, 0) is 0 Å². The largest absolute Gasteiger partial charge is 0.208 e. The van der Waals surface area contributed by atoms with Crippen molar-refractivity contribution in [3.63, 3.8) is 0 Å². The van der Waals surface area contributed by atoms with Gasteiger partial charge >= 0.3 is 0 Å². The summed E-state index contributed by atoms with van der Waals surface area (Å²) in [5.74, 6) is 1.73. The molecule has 0 unspecified atom stereocenters. The van der Waals surface area contributed by atoms with Crippen LogP contribution in [0.5, 0.6) is 0 Å². The van der Waals surface area contributed by atoms with Crippen molar-refractivity contribution >= 4 is 23.2 Å². The Hall–Kier alpha value is -2.75. The number of hydrogen-bond acceptors (Lipinski definition) is 3. The van der Waals surface area contributed by atoms with Gasteiger partial charge < -0.3 is 0 Å². The van der Waals surface area contributed by atoms with E-state index in [1.165, 1.54) is 0 Å². The third-order valence-electron chi connectivity index (χ3n) is 3.82. The highest BCUT2D eigenvalue weighted by Gasteiger charge is 2.12. The number of rotatable bonds is 3. The fourth-order valence-corrected chi connectivity index (χ4v) is 3.15. The number of hydrogen-bond donors (Lipinski definition) is 0. The highest BCUT2D eigenvalue weighted by atomic mass is 35.5. The fourth-order valence-electron chi connectivity index (χ4n) is 2.62. The molecule has 1 heterocycles. The second-order valence-electron chi connectivity index (χ2n) is 5.70. The zero-order chi connectivity index (χ0) is 17.9. The van der Waals surface area contributed by atoms with Gasteiger partial charge in [-0.3, -0.25) is 0 Å². The summed E-state index contributed by atoms with van der Waals surface area (Å²) >= 11 is 12.3. The standard InChI is InChI=1S/C21H13Cl2N3/c22-17-11-16(12-18(23)13-17)21-25-19(14-7-3-1-4-8-14)24-20(26-21)15-9-5-2-6-10-15/h1-13H. The number of halogens is 2.